The van der Waals surface area contributed by atoms with Crippen molar-refractivity contribution in [1.82, 2.24) is 0 Å². The highest BCUT2D eigenvalue weighted by Crippen LogP contribution is 2.65. The van der Waals surface area contributed by atoms with E-state index in [-0.39, 0.29) is 35.6 Å². The molecule has 180 valence electrons. The Morgan fingerprint density at radius 2 is 1.42 bits per heavy atom. The van der Waals surface area contributed by atoms with E-state index in [9.17, 15) is 19.5 Å². The van der Waals surface area contributed by atoms with Gasteiger partial charge >= 0.3 is 11.9 Å². The van der Waals surface area contributed by atoms with Crippen LogP contribution in [0.4, 0.5) is 0 Å². The Hall–Kier alpha value is -1.47. The number of carboxylic acids is 1. The van der Waals surface area contributed by atoms with Crippen molar-refractivity contribution >= 4 is 17.7 Å². The Labute approximate surface area is 193 Å². The third-order valence-corrected chi connectivity index (χ3v) is 10.7. The summed E-state index contributed by atoms with van der Waals surface area (Å²) < 4.78 is 18.7. The maximum Gasteiger partial charge on any atom is 0.312 e. The van der Waals surface area contributed by atoms with E-state index < -0.39 is 22.6 Å². The molecule has 33 heavy (non-hydrogen) atoms. The number of ether oxygens (including phenoxy) is 3. The van der Waals surface area contributed by atoms with Gasteiger partial charge in [0.1, 0.15) is 5.78 Å². The Kier molecular flexibility index (Phi) is 4.31. The van der Waals surface area contributed by atoms with Gasteiger partial charge in [-0.3, -0.25) is 14.4 Å². The first-order valence-electron chi connectivity index (χ1n) is 13.0. The molecule has 1 spiro atoms. The van der Waals surface area contributed by atoms with Crippen molar-refractivity contribution in [3.8, 4) is 0 Å². The van der Waals surface area contributed by atoms with Gasteiger partial charge in [0.25, 0.3) is 0 Å². The highest BCUT2D eigenvalue weighted by atomic mass is 16.7. The second kappa shape index (κ2) is 6.81. The van der Waals surface area contributed by atoms with E-state index >= 15 is 0 Å². The molecule has 9 rings (SSSR count). The standard InChI is InChI=1S/C26H34O7/c27-21-17-1-14-2-18(21)8-25(6-14,7-17)23(30)31-11-16-12-32-26(33-13-16)19-3-15-4-20(26)10-24(5-15,9-19)22(28)29/h14-20H,1-13H2,(H,28,29). The summed E-state index contributed by atoms with van der Waals surface area (Å²) in [4.78, 5) is 37.6. The first-order chi connectivity index (χ1) is 15.8. The third kappa shape index (κ3) is 2.84. The highest BCUT2D eigenvalue weighted by molar-refractivity contribution is 5.89. The van der Waals surface area contributed by atoms with Gasteiger partial charge in [-0.2, -0.15) is 0 Å². The maximum absolute atomic E-state index is 13.2. The summed E-state index contributed by atoms with van der Waals surface area (Å²) in [5.74, 6) is 0.373. The SMILES string of the molecule is O=C1C2CC3CC1CC(C(=O)OCC1COC4(OC1)C1CC5CC4CC(C(=O)O)(C5)C1)(C3)C2. The summed E-state index contributed by atoms with van der Waals surface area (Å²) in [5.41, 5.74) is -1.03. The van der Waals surface area contributed by atoms with E-state index in [1.807, 2.05) is 0 Å². The number of carbonyl (C=O) groups is 3. The summed E-state index contributed by atoms with van der Waals surface area (Å²) in [6.45, 7) is 1.27. The van der Waals surface area contributed by atoms with Crippen LogP contribution in [0.3, 0.4) is 0 Å². The van der Waals surface area contributed by atoms with Crippen LogP contribution < -0.4 is 0 Å². The zero-order valence-corrected chi connectivity index (χ0v) is 19.1. The van der Waals surface area contributed by atoms with Crippen LogP contribution in [0.1, 0.15) is 64.2 Å². The minimum absolute atomic E-state index is 0.000686. The number of carbonyl (C=O) groups excluding carboxylic acids is 2. The van der Waals surface area contributed by atoms with Crippen LogP contribution >= 0.6 is 0 Å². The van der Waals surface area contributed by atoms with E-state index in [1.165, 1.54) is 0 Å². The quantitative estimate of drug-likeness (QED) is 0.646. The molecule has 8 saturated carbocycles. The van der Waals surface area contributed by atoms with E-state index in [0.29, 0.717) is 63.1 Å². The molecule has 4 atom stereocenters. The lowest BCUT2D eigenvalue weighted by molar-refractivity contribution is -0.375. The molecular formula is C26H34O7. The minimum atomic E-state index is -0.649. The number of aliphatic carboxylic acids is 1. The monoisotopic (exact) mass is 458 g/mol. The highest BCUT2D eigenvalue weighted by Gasteiger charge is 2.67. The average molecular weight is 459 g/mol. The Morgan fingerprint density at radius 1 is 0.848 bits per heavy atom. The molecule has 8 bridgehead atoms. The van der Waals surface area contributed by atoms with Gasteiger partial charge in [0, 0.05) is 29.6 Å². The predicted molar refractivity (Wildman–Crippen MR) is 114 cm³/mol. The molecule has 0 amide bonds. The van der Waals surface area contributed by atoms with E-state index in [4.69, 9.17) is 14.2 Å². The second-order valence-corrected chi connectivity index (χ2v) is 12.8. The third-order valence-electron chi connectivity index (χ3n) is 10.7. The van der Waals surface area contributed by atoms with E-state index in [2.05, 4.69) is 0 Å². The molecule has 1 saturated heterocycles. The van der Waals surface area contributed by atoms with Crippen LogP contribution in [0.15, 0.2) is 0 Å². The Bertz CT molecular complexity index is 866. The first-order valence-corrected chi connectivity index (χ1v) is 13.0. The van der Waals surface area contributed by atoms with Crippen molar-refractivity contribution < 1.29 is 33.7 Å². The minimum Gasteiger partial charge on any atom is -0.481 e. The largest absolute Gasteiger partial charge is 0.481 e. The van der Waals surface area contributed by atoms with Crippen LogP contribution in [-0.4, -0.2) is 48.4 Å². The van der Waals surface area contributed by atoms with Crippen LogP contribution in [0.5, 0.6) is 0 Å². The summed E-state index contributed by atoms with van der Waals surface area (Å²) in [6, 6.07) is 0. The van der Waals surface area contributed by atoms with Gasteiger partial charge in [-0.1, -0.05) is 0 Å². The van der Waals surface area contributed by atoms with Gasteiger partial charge < -0.3 is 19.3 Å². The number of hydrogen-bond acceptors (Lipinski definition) is 6. The molecule has 0 radical (unpaired) electrons. The summed E-state index contributed by atoms with van der Waals surface area (Å²) in [7, 11) is 0. The normalized spacial score (nSPS) is 53.6. The molecule has 0 aromatic heterocycles. The molecule has 0 aromatic carbocycles. The smallest absolute Gasteiger partial charge is 0.312 e. The number of carboxylic acid groups (broad SMARTS) is 1. The second-order valence-electron chi connectivity index (χ2n) is 12.8. The predicted octanol–water partition coefficient (Wildman–Crippen LogP) is 3.20. The number of esters is 1. The van der Waals surface area contributed by atoms with Crippen LogP contribution in [0, 0.1) is 52.3 Å². The maximum atomic E-state index is 13.2. The molecule has 7 heteroatoms. The Morgan fingerprint density at radius 3 is 2.03 bits per heavy atom. The molecule has 1 N–H and O–H groups in total. The van der Waals surface area contributed by atoms with Crippen molar-refractivity contribution in [2.24, 2.45) is 52.3 Å². The molecule has 9 aliphatic rings. The number of hydrogen-bond donors (Lipinski definition) is 1. The fourth-order valence-electron chi connectivity index (χ4n) is 9.69. The molecule has 0 aromatic rings. The van der Waals surface area contributed by atoms with Crippen molar-refractivity contribution in [2.45, 2.75) is 70.0 Å². The molecule has 1 heterocycles. The first kappa shape index (κ1) is 20.9. The number of rotatable bonds is 4. The number of ketones is 1. The van der Waals surface area contributed by atoms with Gasteiger partial charge in [-0.15, -0.1) is 0 Å². The van der Waals surface area contributed by atoms with Crippen molar-refractivity contribution in [3.63, 3.8) is 0 Å². The molecule has 8 aliphatic carbocycles. The lowest BCUT2D eigenvalue weighted by Crippen LogP contribution is -2.66. The molecule has 7 nitrogen and oxygen atoms in total. The molecular weight excluding hydrogens is 424 g/mol. The van der Waals surface area contributed by atoms with Crippen molar-refractivity contribution in [1.29, 1.82) is 0 Å². The zero-order valence-electron chi connectivity index (χ0n) is 19.1. The van der Waals surface area contributed by atoms with Gasteiger partial charge in [-0.25, -0.2) is 0 Å². The lowest BCUT2D eigenvalue weighted by atomic mass is 9.47. The van der Waals surface area contributed by atoms with Crippen molar-refractivity contribution in [3.05, 3.63) is 0 Å². The molecule has 1 aliphatic heterocycles. The van der Waals surface area contributed by atoms with E-state index in [0.717, 1.165) is 38.5 Å². The Balaban J connectivity index is 0.982. The summed E-state index contributed by atoms with van der Waals surface area (Å²) >= 11 is 0. The van der Waals surface area contributed by atoms with Crippen LogP contribution in [0.2, 0.25) is 0 Å². The summed E-state index contributed by atoms with van der Waals surface area (Å²) in [6.07, 6.45) is 8.25. The molecule has 4 unspecified atom stereocenters. The fraction of sp³-hybridized carbons (Fsp3) is 0.885. The van der Waals surface area contributed by atoms with Gasteiger partial charge in [0.15, 0.2) is 5.79 Å². The van der Waals surface area contributed by atoms with Gasteiger partial charge in [0.2, 0.25) is 0 Å². The average Bonchev–Trinajstić information content (AvgIpc) is 2.79. The van der Waals surface area contributed by atoms with E-state index in [1.54, 1.807) is 0 Å². The fourth-order valence-corrected chi connectivity index (χ4v) is 9.69. The number of Topliss-reactive ketones (excluding diaryl/α,β-unsaturated/α-hetero) is 1. The topological polar surface area (TPSA) is 99.1 Å². The zero-order chi connectivity index (χ0) is 22.6. The molecule has 9 fully saturated rings. The van der Waals surface area contributed by atoms with Crippen molar-refractivity contribution in [2.75, 3.05) is 19.8 Å². The van der Waals surface area contributed by atoms with Crippen LogP contribution in [-0.2, 0) is 28.6 Å². The van der Waals surface area contributed by atoms with Crippen LogP contribution in [0.25, 0.3) is 0 Å². The summed E-state index contributed by atoms with van der Waals surface area (Å²) in [5, 5.41) is 9.88. The lowest BCUT2D eigenvalue weighted by Gasteiger charge is -2.64. The van der Waals surface area contributed by atoms with Gasteiger partial charge in [-0.05, 0) is 76.0 Å². The van der Waals surface area contributed by atoms with Gasteiger partial charge in [0.05, 0.1) is 30.7 Å².